The number of carbonyl (C=O) groups excluding carboxylic acids is 1. The fourth-order valence-electron chi connectivity index (χ4n) is 2.79. The molecule has 1 N–H and O–H groups in total. The first-order chi connectivity index (χ1) is 8.19. The lowest BCUT2D eigenvalue weighted by molar-refractivity contribution is -0.136. The monoisotopic (exact) mass is 242 g/mol. The van der Waals surface area contributed by atoms with E-state index in [9.17, 15) is 4.79 Å². The molecule has 0 aromatic carbocycles. The van der Waals surface area contributed by atoms with Crippen molar-refractivity contribution in [3.8, 4) is 0 Å². The first kappa shape index (κ1) is 12.8. The maximum atomic E-state index is 11.8. The summed E-state index contributed by atoms with van der Waals surface area (Å²) in [5.41, 5.74) is -0.150. The van der Waals surface area contributed by atoms with E-state index in [4.69, 9.17) is 9.47 Å². The lowest BCUT2D eigenvalue weighted by Crippen LogP contribution is -2.46. The molecule has 0 bridgehead atoms. The first-order valence-electron chi connectivity index (χ1n) is 6.28. The number of nitrogens with zero attached hydrogens (tertiary/aromatic N) is 1. The fraction of sp³-hybridized carbons (Fsp3) is 0.917. The molecule has 2 aliphatic heterocycles. The number of carbonyl (C=O) groups is 1. The zero-order valence-electron chi connectivity index (χ0n) is 10.7. The van der Waals surface area contributed by atoms with Crippen molar-refractivity contribution in [3.05, 3.63) is 0 Å². The maximum absolute atomic E-state index is 11.8. The van der Waals surface area contributed by atoms with Crippen LogP contribution < -0.4 is 5.32 Å². The summed E-state index contributed by atoms with van der Waals surface area (Å²) in [5, 5.41) is 2.90. The summed E-state index contributed by atoms with van der Waals surface area (Å²) in [6.45, 7) is 2.67. The van der Waals surface area contributed by atoms with Gasteiger partial charge in [-0.3, -0.25) is 4.79 Å². The molecule has 17 heavy (non-hydrogen) atoms. The highest BCUT2D eigenvalue weighted by molar-refractivity contribution is 5.78. The maximum Gasteiger partial charge on any atom is 0.236 e. The third kappa shape index (κ3) is 2.78. The van der Waals surface area contributed by atoms with Crippen LogP contribution in [0.2, 0.25) is 0 Å². The molecule has 0 aromatic rings. The number of amides is 1. The molecule has 5 nitrogen and oxygen atoms in total. The molecule has 0 unspecified atom stereocenters. The summed E-state index contributed by atoms with van der Waals surface area (Å²) in [6.07, 6.45) is 3.08. The van der Waals surface area contributed by atoms with Crippen molar-refractivity contribution < 1.29 is 14.3 Å². The number of ether oxygens (including phenoxy) is 2. The van der Waals surface area contributed by atoms with Crippen molar-refractivity contribution in [1.82, 2.24) is 10.2 Å². The molecule has 0 aliphatic carbocycles. The molecule has 5 heteroatoms. The molecule has 0 saturated carbocycles. The second kappa shape index (κ2) is 5.33. The van der Waals surface area contributed by atoms with Gasteiger partial charge >= 0.3 is 0 Å². The molecule has 2 fully saturated rings. The lowest BCUT2D eigenvalue weighted by atomic mass is 9.91. The molecule has 0 radical (unpaired) electrons. The molecule has 1 spiro atoms. The predicted molar refractivity (Wildman–Crippen MR) is 63.8 cm³/mol. The second-order valence-corrected chi connectivity index (χ2v) is 4.98. The molecule has 1 amide bonds. The van der Waals surface area contributed by atoms with Gasteiger partial charge in [-0.1, -0.05) is 0 Å². The van der Waals surface area contributed by atoms with E-state index >= 15 is 0 Å². The average molecular weight is 242 g/mol. The van der Waals surface area contributed by atoms with Gasteiger partial charge in [0.05, 0.1) is 18.2 Å². The summed E-state index contributed by atoms with van der Waals surface area (Å²) in [7, 11) is 3.55. The first-order valence-corrected chi connectivity index (χ1v) is 6.28. The number of likely N-dealkylation sites (N-methyl/N-ethyl adjacent to an activating group) is 1. The summed E-state index contributed by atoms with van der Waals surface area (Å²) < 4.78 is 11.3. The van der Waals surface area contributed by atoms with E-state index in [0.717, 1.165) is 32.4 Å². The van der Waals surface area contributed by atoms with Crippen molar-refractivity contribution >= 4 is 5.91 Å². The van der Waals surface area contributed by atoms with Crippen LogP contribution in [0.4, 0.5) is 0 Å². The van der Waals surface area contributed by atoms with Crippen LogP contribution in [-0.4, -0.2) is 62.9 Å². The Balaban J connectivity index is 1.93. The standard InChI is InChI=1S/C12H22N2O3/c1-13-8-11(15)14-5-4-12(9-14)7-10(16-2)3-6-17-12/h10,13H,3-9H2,1-2H3/t10-,12-/m1/s1. The highest BCUT2D eigenvalue weighted by atomic mass is 16.5. The number of likely N-dealkylation sites (tertiary alicyclic amines) is 1. The third-order valence-electron chi connectivity index (χ3n) is 3.78. The number of nitrogens with one attached hydrogen (secondary N) is 1. The van der Waals surface area contributed by atoms with Crippen LogP contribution in [0, 0.1) is 0 Å². The van der Waals surface area contributed by atoms with Crippen molar-refractivity contribution in [1.29, 1.82) is 0 Å². The van der Waals surface area contributed by atoms with Gasteiger partial charge in [-0.15, -0.1) is 0 Å². The van der Waals surface area contributed by atoms with Crippen LogP contribution >= 0.6 is 0 Å². The second-order valence-electron chi connectivity index (χ2n) is 4.98. The average Bonchev–Trinajstić information content (AvgIpc) is 2.73. The van der Waals surface area contributed by atoms with E-state index < -0.39 is 0 Å². The number of hydrogen-bond donors (Lipinski definition) is 1. The quantitative estimate of drug-likeness (QED) is 0.757. The van der Waals surface area contributed by atoms with Gasteiger partial charge in [0.1, 0.15) is 0 Å². The van der Waals surface area contributed by atoms with E-state index in [0.29, 0.717) is 13.1 Å². The van der Waals surface area contributed by atoms with Gasteiger partial charge in [0.25, 0.3) is 0 Å². The van der Waals surface area contributed by atoms with Gasteiger partial charge < -0.3 is 19.7 Å². The van der Waals surface area contributed by atoms with Crippen LogP contribution in [0.1, 0.15) is 19.3 Å². The van der Waals surface area contributed by atoms with Crippen molar-refractivity contribution in [2.75, 3.05) is 40.4 Å². The van der Waals surface area contributed by atoms with E-state index in [2.05, 4.69) is 5.32 Å². The molecule has 2 heterocycles. The highest BCUT2D eigenvalue weighted by Gasteiger charge is 2.44. The van der Waals surface area contributed by atoms with Crippen LogP contribution in [-0.2, 0) is 14.3 Å². The van der Waals surface area contributed by atoms with Gasteiger partial charge in [0.2, 0.25) is 5.91 Å². The van der Waals surface area contributed by atoms with Crippen molar-refractivity contribution in [3.63, 3.8) is 0 Å². The highest BCUT2D eigenvalue weighted by Crippen LogP contribution is 2.35. The zero-order valence-corrected chi connectivity index (χ0v) is 10.7. The molecule has 2 rings (SSSR count). The normalized spacial score (nSPS) is 33.3. The summed E-state index contributed by atoms with van der Waals surface area (Å²) in [6, 6.07) is 0. The van der Waals surface area contributed by atoms with Crippen LogP contribution in [0.3, 0.4) is 0 Å². The van der Waals surface area contributed by atoms with E-state index in [1.165, 1.54) is 0 Å². The van der Waals surface area contributed by atoms with Crippen molar-refractivity contribution in [2.45, 2.75) is 31.0 Å². The minimum Gasteiger partial charge on any atom is -0.381 e. The fourth-order valence-corrected chi connectivity index (χ4v) is 2.79. The molecular formula is C12H22N2O3. The molecule has 2 aliphatic rings. The van der Waals surface area contributed by atoms with Crippen LogP contribution in [0.25, 0.3) is 0 Å². The third-order valence-corrected chi connectivity index (χ3v) is 3.78. The SMILES string of the molecule is CNCC(=O)N1CC[C@@]2(C[C@H](OC)CCO2)C1. The van der Waals surface area contributed by atoms with Gasteiger partial charge in [-0.2, -0.15) is 0 Å². The summed E-state index contributed by atoms with van der Waals surface area (Å²) >= 11 is 0. The van der Waals surface area contributed by atoms with E-state index in [1.807, 2.05) is 4.90 Å². The molecule has 2 saturated heterocycles. The minimum atomic E-state index is -0.150. The zero-order chi connectivity index (χ0) is 12.3. The lowest BCUT2D eigenvalue weighted by Gasteiger charge is -2.37. The van der Waals surface area contributed by atoms with Crippen LogP contribution in [0.15, 0.2) is 0 Å². The van der Waals surface area contributed by atoms with Crippen molar-refractivity contribution in [2.24, 2.45) is 0 Å². The van der Waals surface area contributed by atoms with Gasteiger partial charge in [0, 0.05) is 33.2 Å². The summed E-state index contributed by atoms with van der Waals surface area (Å²) in [5.74, 6) is 0.160. The Morgan fingerprint density at radius 1 is 1.65 bits per heavy atom. The Kier molecular flexibility index (Phi) is 4.01. The smallest absolute Gasteiger partial charge is 0.236 e. The minimum absolute atomic E-state index is 0.150. The topological polar surface area (TPSA) is 50.8 Å². The Hall–Kier alpha value is -0.650. The van der Waals surface area contributed by atoms with E-state index in [-0.39, 0.29) is 17.6 Å². The number of methoxy groups -OCH3 is 1. The number of rotatable bonds is 3. The Morgan fingerprint density at radius 2 is 2.47 bits per heavy atom. The van der Waals surface area contributed by atoms with Gasteiger partial charge in [-0.25, -0.2) is 0 Å². The molecule has 2 atom stereocenters. The predicted octanol–water partition coefficient (Wildman–Crippen LogP) is 0.00230. The Bertz CT molecular complexity index is 285. The Morgan fingerprint density at radius 3 is 3.18 bits per heavy atom. The molecule has 98 valence electrons. The molecule has 0 aromatic heterocycles. The van der Waals surface area contributed by atoms with Gasteiger partial charge in [0.15, 0.2) is 0 Å². The summed E-state index contributed by atoms with van der Waals surface area (Å²) in [4.78, 5) is 13.7. The molecular weight excluding hydrogens is 220 g/mol. The largest absolute Gasteiger partial charge is 0.381 e. The van der Waals surface area contributed by atoms with E-state index in [1.54, 1.807) is 14.2 Å². The number of hydrogen-bond acceptors (Lipinski definition) is 4. The Labute approximate surface area is 102 Å². The van der Waals surface area contributed by atoms with Crippen LogP contribution in [0.5, 0.6) is 0 Å². The van der Waals surface area contributed by atoms with Gasteiger partial charge in [-0.05, 0) is 19.9 Å².